The lowest BCUT2D eigenvalue weighted by atomic mass is 10.1. The summed E-state index contributed by atoms with van der Waals surface area (Å²) in [7, 11) is 2.15. The second-order valence-electron chi connectivity index (χ2n) is 9.38. The molecule has 152 valence electrons. The molecule has 1 aliphatic carbocycles. The number of piperidine rings is 1. The second-order valence-corrected chi connectivity index (χ2v) is 9.38. The first kappa shape index (κ1) is 18.5. The molecule has 1 aliphatic heterocycles. The van der Waals surface area contributed by atoms with Crippen LogP contribution in [0, 0.1) is 12.3 Å². The molecule has 0 spiro atoms. The molecule has 1 saturated carbocycles. The summed E-state index contributed by atoms with van der Waals surface area (Å²) in [5.74, 6) is 1.91. The maximum Gasteiger partial charge on any atom is 0.268 e. The van der Waals surface area contributed by atoms with Crippen LogP contribution >= 0.6 is 0 Å². The number of likely N-dealkylation sites (tertiary alicyclic amines) is 1. The van der Waals surface area contributed by atoms with Crippen molar-refractivity contribution in [3.05, 3.63) is 46.3 Å². The van der Waals surface area contributed by atoms with Gasteiger partial charge in [-0.1, -0.05) is 19.9 Å². The van der Waals surface area contributed by atoms with Crippen LogP contribution in [-0.4, -0.2) is 49.2 Å². The monoisotopic (exact) mass is 392 g/mol. The van der Waals surface area contributed by atoms with Crippen LogP contribution in [0.5, 0.6) is 0 Å². The van der Waals surface area contributed by atoms with E-state index in [1.54, 1.807) is 16.8 Å². The summed E-state index contributed by atoms with van der Waals surface area (Å²) < 4.78 is 3.65. The van der Waals surface area contributed by atoms with E-state index < -0.39 is 0 Å². The molecule has 0 bridgehead atoms. The van der Waals surface area contributed by atoms with E-state index in [0.29, 0.717) is 23.0 Å². The quantitative estimate of drug-likeness (QED) is 0.685. The summed E-state index contributed by atoms with van der Waals surface area (Å²) in [6.45, 7) is 8.53. The van der Waals surface area contributed by atoms with Crippen molar-refractivity contribution >= 4 is 5.65 Å². The highest BCUT2D eigenvalue weighted by atomic mass is 16.1. The zero-order valence-corrected chi connectivity index (χ0v) is 17.6. The van der Waals surface area contributed by atoms with Crippen LogP contribution in [0.2, 0.25) is 0 Å². The number of hydrogen-bond donors (Lipinski definition) is 0. The Kier molecular flexibility index (Phi) is 4.13. The zero-order valence-electron chi connectivity index (χ0n) is 17.6. The Balaban J connectivity index is 1.65. The van der Waals surface area contributed by atoms with Gasteiger partial charge in [-0.25, -0.2) is 14.6 Å². The number of pyridine rings is 1. The Hall–Kier alpha value is -2.54. The molecule has 5 rings (SSSR count). The number of aryl methyl sites for hydroxylation is 1. The van der Waals surface area contributed by atoms with E-state index in [0.717, 1.165) is 43.7 Å². The highest BCUT2D eigenvalue weighted by Crippen LogP contribution is 2.57. The van der Waals surface area contributed by atoms with Gasteiger partial charge in [-0.3, -0.25) is 9.20 Å². The van der Waals surface area contributed by atoms with Crippen LogP contribution < -0.4 is 5.56 Å². The zero-order chi connectivity index (χ0) is 20.3. The second kappa shape index (κ2) is 6.49. The van der Waals surface area contributed by atoms with Crippen molar-refractivity contribution in [2.45, 2.75) is 52.0 Å². The summed E-state index contributed by atoms with van der Waals surface area (Å²) in [5.41, 5.74) is 2.36. The third-order valence-electron chi connectivity index (χ3n) is 6.68. The summed E-state index contributed by atoms with van der Waals surface area (Å²) >= 11 is 0. The fourth-order valence-electron chi connectivity index (χ4n) is 4.47. The smallest absolute Gasteiger partial charge is 0.268 e. The lowest BCUT2D eigenvalue weighted by Gasteiger charge is -2.29. The van der Waals surface area contributed by atoms with Crippen LogP contribution in [-0.2, 0) is 0 Å². The Morgan fingerprint density at radius 3 is 2.62 bits per heavy atom. The lowest BCUT2D eigenvalue weighted by molar-refractivity contribution is 0.213. The third-order valence-corrected chi connectivity index (χ3v) is 6.68. The van der Waals surface area contributed by atoms with Gasteiger partial charge < -0.3 is 4.90 Å². The predicted molar refractivity (Wildman–Crippen MR) is 112 cm³/mol. The fourth-order valence-corrected chi connectivity index (χ4v) is 4.47. The van der Waals surface area contributed by atoms with Crippen LogP contribution in [0.4, 0.5) is 0 Å². The molecule has 0 amide bonds. The van der Waals surface area contributed by atoms with E-state index >= 15 is 0 Å². The first-order valence-corrected chi connectivity index (χ1v) is 10.5. The molecule has 7 nitrogen and oxygen atoms in total. The molecule has 0 N–H and O–H groups in total. The fraction of sp³-hybridized carbons (Fsp3) is 0.545. The molecule has 1 saturated heterocycles. The first-order chi connectivity index (χ1) is 13.8. The van der Waals surface area contributed by atoms with Crippen molar-refractivity contribution in [1.82, 2.24) is 29.0 Å². The summed E-state index contributed by atoms with van der Waals surface area (Å²) in [6.07, 6.45) is 6.59. The minimum Gasteiger partial charge on any atom is -0.306 e. The molecule has 1 atom stereocenters. The molecule has 0 radical (unpaired) electrons. The highest BCUT2D eigenvalue weighted by molar-refractivity contribution is 5.57. The van der Waals surface area contributed by atoms with Crippen molar-refractivity contribution in [2.75, 3.05) is 20.1 Å². The van der Waals surface area contributed by atoms with Gasteiger partial charge in [-0.15, -0.1) is 0 Å². The average Bonchev–Trinajstić information content (AvgIpc) is 3.13. The Labute approximate surface area is 170 Å². The molecular formula is C22H28N6O. The number of hydrogen-bond acceptors (Lipinski definition) is 5. The molecule has 3 aromatic heterocycles. The average molecular weight is 393 g/mol. The van der Waals surface area contributed by atoms with Crippen LogP contribution in [0.15, 0.2) is 29.3 Å². The van der Waals surface area contributed by atoms with E-state index in [4.69, 9.17) is 10.1 Å². The molecule has 29 heavy (non-hydrogen) atoms. The van der Waals surface area contributed by atoms with E-state index in [1.165, 1.54) is 0 Å². The minimum atomic E-state index is -0.0816. The molecule has 2 aliphatic rings. The van der Waals surface area contributed by atoms with Crippen LogP contribution in [0.1, 0.15) is 56.5 Å². The van der Waals surface area contributed by atoms with Gasteiger partial charge in [0.15, 0.2) is 11.6 Å². The van der Waals surface area contributed by atoms with E-state index in [9.17, 15) is 4.79 Å². The van der Waals surface area contributed by atoms with Gasteiger partial charge in [0.25, 0.3) is 5.56 Å². The topological polar surface area (TPSA) is 68.3 Å². The summed E-state index contributed by atoms with van der Waals surface area (Å²) in [4.78, 5) is 25.2. The Bertz CT molecular complexity index is 1140. The molecule has 7 heteroatoms. The largest absolute Gasteiger partial charge is 0.306 e. The molecule has 4 heterocycles. The van der Waals surface area contributed by atoms with Gasteiger partial charge in [-0.2, -0.15) is 5.10 Å². The van der Waals surface area contributed by atoms with Crippen molar-refractivity contribution < 1.29 is 0 Å². The van der Waals surface area contributed by atoms with Crippen LogP contribution in [0.3, 0.4) is 0 Å². The number of fused-ring (bicyclic) bond motifs is 1. The standard InChI is InChI=1S/C22H28N6O/c1-14-6-5-9-27-19(14)23-13-16(21(27)29)20-24-18(17-12-22(17,2)3)25-28(20)15-7-10-26(4)11-8-15/h5-6,9,13,15,17H,7-8,10-12H2,1-4H3. The maximum absolute atomic E-state index is 13.3. The number of rotatable bonds is 3. The first-order valence-electron chi connectivity index (χ1n) is 10.5. The maximum atomic E-state index is 13.3. The van der Waals surface area contributed by atoms with Crippen molar-refractivity contribution in [2.24, 2.45) is 5.41 Å². The van der Waals surface area contributed by atoms with E-state index in [1.807, 2.05) is 23.7 Å². The van der Waals surface area contributed by atoms with Crippen molar-refractivity contribution in [1.29, 1.82) is 0 Å². The molecule has 2 fully saturated rings. The minimum absolute atomic E-state index is 0.0816. The molecule has 3 aromatic rings. The van der Waals surface area contributed by atoms with Crippen molar-refractivity contribution in [3.8, 4) is 11.4 Å². The van der Waals surface area contributed by atoms with Gasteiger partial charge in [0.2, 0.25) is 0 Å². The third kappa shape index (κ3) is 3.08. The number of nitrogens with zero attached hydrogens (tertiary/aromatic N) is 6. The summed E-state index contributed by atoms with van der Waals surface area (Å²) in [6, 6.07) is 4.12. The number of aromatic nitrogens is 5. The Morgan fingerprint density at radius 2 is 1.93 bits per heavy atom. The SMILES string of the molecule is Cc1cccn2c(=O)c(-c3nc(C4CC4(C)C)nn3C3CCN(C)CC3)cnc12. The van der Waals surface area contributed by atoms with Gasteiger partial charge in [0, 0.05) is 18.3 Å². The van der Waals surface area contributed by atoms with E-state index in [-0.39, 0.29) is 17.0 Å². The highest BCUT2D eigenvalue weighted by Gasteiger charge is 2.49. The lowest BCUT2D eigenvalue weighted by Crippen LogP contribution is -2.32. The predicted octanol–water partition coefficient (Wildman–Crippen LogP) is 3.04. The Morgan fingerprint density at radius 1 is 1.21 bits per heavy atom. The van der Waals surface area contributed by atoms with E-state index in [2.05, 4.69) is 30.8 Å². The summed E-state index contributed by atoms with van der Waals surface area (Å²) in [5, 5.41) is 4.94. The van der Waals surface area contributed by atoms with Gasteiger partial charge in [0.1, 0.15) is 11.2 Å². The molecular weight excluding hydrogens is 364 g/mol. The normalized spacial score (nSPS) is 22.3. The van der Waals surface area contributed by atoms with Gasteiger partial charge in [-0.05, 0) is 63.4 Å². The van der Waals surface area contributed by atoms with Gasteiger partial charge >= 0.3 is 0 Å². The molecule has 0 aromatic carbocycles. The molecule has 1 unspecified atom stereocenters. The van der Waals surface area contributed by atoms with Crippen LogP contribution in [0.25, 0.3) is 17.0 Å². The van der Waals surface area contributed by atoms with Gasteiger partial charge in [0.05, 0.1) is 6.04 Å². The van der Waals surface area contributed by atoms with Crippen molar-refractivity contribution in [3.63, 3.8) is 0 Å².